The van der Waals surface area contributed by atoms with Gasteiger partial charge in [-0.3, -0.25) is 4.79 Å². The minimum Gasteiger partial charge on any atom is -0.464 e. The Balaban J connectivity index is 1.87. The van der Waals surface area contributed by atoms with Crippen molar-refractivity contribution in [3.8, 4) is 0 Å². The Morgan fingerprint density at radius 3 is 2.25 bits per heavy atom. The molecule has 3 fully saturated rings. The summed E-state index contributed by atoms with van der Waals surface area (Å²) in [4.78, 5) is 10.7. The zero-order chi connectivity index (χ0) is 11.8. The molecule has 3 aliphatic carbocycles. The fourth-order valence-corrected chi connectivity index (χ4v) is 3.00. The number of halogens is 1. The van der Waals surface area contributed by atoms with Crippen molar-refractivity contribution in [3.05, 3.63) is 0 Å². The number of rotatable bonds is 3. The molecule has 3 aliphatic rings. The van der Waals surface area contributed by atoms with Crippen molar-refractivity contribution >= 4 is 17.6 Å². The van der Waals surface area contributed by atoms with E-state index in [0.717, 1.165) is 5.92 Å². The van der Waals surface area contributed by atoms with Gasteiger partial charge in [-0.05, 0) is 58.3 Å². The quantitative estimate of drug-likeness (QED) is 0.561. The third-order valence-electron chi connectivity index (χ3n) is 4.24. The molecule has 0 saturated heterocycles. The van der Waals surface area contributed by atoms with Gasteiger partial charge in [0, 0.05) is 5.41 Å². The molecule has 0 N–H and O–H groups in total. The van der Waals surface area contributed by atoms with Crippen molar-refractivity contribution in [3.63, 3.8) is 0 Å². The average Bonchev–Trinajstić information content (AvgIpc) is 2.27. The van der Waals surface area contributed by atoms with Gasteiger partial charge in [-0.2, -0.15) is 0 Å². The van der Waals surface area contributed by atoms with Crippen LogP contribution in [0.2, 0.25) is 0 Å². The average molecular weight is 245 g/mol. The van der Waals surface area contributed by atoms with Crippen LogP contribution in [0, 0.1) is 11.3 Å². The second-order valence-electron chi connectivity index (χ2n) is 6.03. The fourth-order valence-electron chi connectivity index (χ4n) is 2.95. The second-order valence-corrected chi connectivity index (χ2v) is 6.98. The van der Waals surface area contributed by atoms with Crippen molar-refractivity contribution in [1.82, 2.24) is 0 Å². The monoisotopic (exact) mass is 244 g/mol. The summed E-state index contributed by atoms with van der Waals surface area (Å²) in [6.45, 7) is 3.95. The van der Waals surface area contributed by atoms with Gasteiger partial charge >= 0.3 is 5.97 Å². The van der Waals surface area contributed by atoms with Gasteiger partial charge in [-0.1, -0.05) is 0 Å². The summed E-state index contributed by atoms with van der Waals surface area (Å²) in [5, 5.41) is 0. The molecule has 0 unspecified atom stereocenters. The van der Waals surface area contributed by atoms with Gasteiger partial charge in [0.15, 0.2) is 0 Å². The van der Waals surface area contributed by atoms with E-state index in [9.17, 15) is 4.79 Å². The van der Waals surface area contributed by atoms with Crippen molar-refractivity contribution < 1.29 is 9.53 Å². The number of fused-ring (bicyclic) bond motifs is 3. The normalized spacial score (nSPS) is 33.8. The predicted molar refractivity (Wildman–Crippen MR) is 64.5 cm³/mol. The molecule has 0 aromatic rings. The number of hydrogen-bond acceptors (Lipinski definition) is 2. The van der Waals surface area contributed by atoms with Crippen molar-refractivity contribution in [2.45, 2.75) is 57.2 Å². The molecule has 3 saturated carbocycles. The van der Waals surface area contributed by atoms with Crippen molar-refractivity contribution in [2.75, 3.05) is 6.61 Å². The minimum atomic E-state index is -0.886. The molecule has 0 heterocycles. The summed E-state index contributed by atoms with van der Waals surface area (Å²) in [5.74, 6) is 0.665. The Morgan fingerprint density at radius 1 is 1.31 bits per heavy atom. The first-order valence-electron chi connectivity index (χ1n) is 6.27. The lowest BCUT2D eigenvalue weighted by molar-refractivity contribution is -0.152. The van der Waals surface area contributed by atoms with Gasteiger partial charge in [-0.15, -0.1) is 11.6 Å². The first-order valence-corrected chi connectivity index (χ1v) is 6.65. The maximum atomic E-state index is 11.6. The molecule has 0 aliphatic heterocycles. The van der Waals surface area contributed by atoms with E-state index in [1.165, 1.54) is 38.5 Å². The van der Waals surface area contributed by atoms with E-state index in [1.807, 2.05) is 0 Å². The van der Waals surface area contributed by atoms with E-state index in [1.54, 1.807) is 13.8 Å². The van der Waals surface area contributed by atoms with E-state index < -0.39 is 4.87 Å². The van der Waals surface area contributed by atoms with Crippen LogP contribution in [0.25, 0.3) is 0 Å². The third-order valence-corrected chi connectivity index (χ3v) is 4.40. The van der Waals surface area contributed by atoms with Crippen LogP contribution >= 0.6 is 11.6 Å². The van der Waals surface area contributed by atoms with Crippen molar-refractivity contribution in [2.24, 2.45) is 11.3 Å². The van der Waals surface area contributed by atoms with Crippen LogP contribution in [-0.4, -0.2) is 17.5 Å². The van der Waals surface area contributed by atoms with E-state index >= 15 is 0 Å². The number of carbonyl (C=O) groups is 1. The van der Waals surface area contributed by atoms with Gasteiger partial charge in [0.1, 0.15) is 4.87 Å². The van der Waals surface area contributed by atoms with Crippen molar-refractivity contribution in [1.29, 1.82) is 0 Å². The van der Waals surface area contributed by atoms with Crippen LogP contribution in [0.5, 0.6) is 0 Å². The summed E-state index contributed by atoms with van der Waals surface area (Å²) in [6, 6.07) is 0. The lowest BCUT2D eigenvalue weighted by Crippen LogP contribution is -2.40. The molecule has 2 nitrogen and oxygen atoms in total. The molecule has 2 bridgehead atoms. The molecule has 3 rings (SSSR count). The van der Waals surface area contributed by atoms with Gasteiger partial charge in [0.2, 0.25) is 0 Å². The molecule has 0 radical (unpaired) electrons. The number of hydrogen-bond donors (Lipinski definition) is 0. The molecule has 0 atom stereocenters. The highest BCUT2D eigenvalue weighted by molar-refractivity contribution is 6.33. The topological polar surface area (TPSA) is 26.3 Å². The molecule has 0 aromatic carbocycles. The summed E-state index contributed by atoms with van der Waals surface area (Å²) in [7, 11) is 0. The van der Waals surface area contributed by atoms with Crippen LogP contribution in [0.1, 0.15) is 52.4 Å². The number of ether oxygens (including phenoxy) is 1. The van der Waals surface area contributed by atoms with Crippen LogP contribution in [-0.2, 0) is 9.53 Å². The summed E-state index contributed by atoms with van der Waals surface area (Å²) >= 11 is 5.93. The van der Waals surface area contributed by atoms with Crippen LogP contribution < -0.4 is 0 Å². The number of alkyl halides is 1. The SMILES string of the molecule is CC(C)(Cl)C(=O)OCC12CCC(CC1)CC2. The highest BCUT2D eigenvalue weighted by Gasteiger charge is 2.42. The Labute approximate surface area is 103 Å². The zero-order valence-electron chi connectivity index (χ0n) is 10.2. The fraction of sp³-hybridized carbons (Fsp3) is 0.923. The van der Waals surface area contributed by atoms with Crippen LogP contribution in [0.15, 0.2) is 0 Å². The zero-order valence-corrected chi connectivity index (χ0v) is 11.0. The van der Waals surface area contributed by atoms with Crippen LogP contribution in [0.4, 0.5) is 0 Å². The lowest BCUT2D eigenvalue weighted by Gasteiger charge is -2.46. The number of esters is 1. The predicted octanol–water partition coefficient (Wildman–Crippen LogP) is 3.52. The van der Waals surface area contributed by atoms with Gasteiger partial charge in [0.25, 0.3) is 0 Å². The summed E-state index contributed by atoms with van der Waals surface area (Å²) in [6.07, 6.45) is 7.65. The van der Waals surface area contributed by atoms with Gasteiger partial charge in [-0.25, -0.2) is 0 Å². The largest absolute Gasteiger partial charge is 0.464 e. The van der Waals surface area contributed by atoms with Gasteiger partial charge in [0.05, 0.1) is 6.61 Å². The third kappa shape index (κ3) is 2.53. The van der Waals surface area contributed by atoms with E-state index in [-0.39, 0.29) is 11.4 Å². The highest BCUT2D eigenvalue weighted by atomic mass is 35.5. The molecular formula is C13H21ClO2. The second kappa shape index (κ2) is 4.21. The Hall–Kier alpha value is -0.240. The molecule has 92 valence electrons. The molecule has 3 heteroatoms. The molecule has 16 heavy (non-hydrogen) atoms. The van der Waals surface area contributed by atoms with E-state index in [0.29, 0.717) is 6.61 Å². The Morgan fingerprint density at radius 2 is 1.81 bits per heavy atom. The highest BCUT2D eigenvalue weighted by Crippen LogP contribution is 2.50. The van der Waals surface area contributed by atoms with E-state index in [4.69, 9.17) is 16.3 Å². The van der Waals surface area contributed by atoms with Gasteiger partial charge < -0.3 is 4.74 Å². The maximum Gasteiger partial charge on any atom is 0.326 e. The number of carbonyl (C=O) groups excluding carboxylic acids is 1. The molecule has 0 aromatic heterocycles. The minimum absolute atomic E-state index is 0.281. The van der Waals surface area contributed by atoms with Crippen LogP contribution in [0.3, 0.4) is 0 Å². The standard InChI is InChI=1S/C13H21ClO2/c1-12(2,14)11(15)16-9-13-6-3-10(4-7-13)5-8-13/h10H,3-9H2,1-2H3. The maximum absolute atomic E-state index is 11.6. The molecular weight excluding hydrogens is 224 g/mol. The first kappa shape index (κ1) is 12.2. The summed E-state index contributed by atoms with van der Waals surface area (Å²) in [5.41, 5.74) is 0.284. The lowest BCUT2D eigenvalue weighted by atomic mass is 9.61. The molecule has 0 amide bonds. The van der Waals surface area contributed by atoms with E-state index in [2.05, 4.69) is 0 Å². The Bertz CT molecular complexity index is 258. The summed E-state index contributed by atoms with van der Waals surface area (Å²) < 4.78 is 5.39. The Kier molecular flexibility index (Phi) is 3.22. The smallest absolute Gasteiger partial charge is 0.326 e. The first-order chi connectivity index (χ1) is 7.41. The molecule has 0 spiro atoms.